The molecule has 1 aliphatic carbocycles. The highest BCUT2D eigenvalue weighted by atomic mass is 32.2. The van der Waals surface area contributed by atoms with E-state index in [0.29, 0.717) is 26.0 Å². The largest absolute Gasteiger partial charge is 0.416 e. The van der Waals surface area contributed by atoms with Gasteiger partial charge in [0.2, 0.25) is 10.0 Å². The highest BCUT2D eigenvalue weighted by molar-refractivity contribution is 7.89. The summed E-state index contributed by atoms with van der Waals surface area (Å²) in [6, 6.07) is 3.41. The first-order valence-electron chi connectivity index (χ1n) is 10.1. The predicted molar refractivity (Wildman–Crippen MR) is 108 cm³/mol. The summed E-state index contributed by atoms with van der Waals surface area (Å²) in [6.07, 6.45) is -0.781. The van der Waals surface area contributed by atoms with Crippen LogP contribution < -0.4 is 0 Å². The van der Waals surface area contributed by atoms with Crippen LogP contribution >= 0.6 is 0 Å². The first-order valence-corrected chi connectivity index (χ1v) is 11.6. The minimum absolute atomic E-state index is 0.0894. The molecule has 6 nitrogen and oxygen atoms in total. The number of hydrogen-bond donors (Lipinski definition) is 1. The van der Waals surface area contributed by atoms with Crippen molar-refractivity contribution in [1.82, 2.24) is 9.21 Å². The number of rotatable bonds is 10. The standard InChI is InChI=1S/C20H31F3N2O4S/c1-24(13-14-26)12-3-15-29-18-8-6-17(7-9-18)25(2)30(27,28)19-10-4-16(5-11-19)20(21,22)23/h4-5,10-11,17-18,26H,3,6-9,12-15H2,1-2H3/t17-,18-. The first kappa shape index (κ1) is 25.1. The van der Waals surface area contributed by atoms with E-state index in [1.165, 1.54) is 11.4 Å². The van der Waals surface area contributed by atoms with Gasteiger partial charge in [0.15, 0.2) is 0 Å². The van der Waals surface area contributed by atoms with Crippen LogP contribution in [0.1, 0.15) is 37.7 Å². The van der Waals surface area contributed by atoms with Crippen LogP contribution in [0, 0.1) is 0 Å². The Hall–Kier alpha value is -1.20. The maximum absolute atomic E-state index is 12.8. The summed E-state index contributed by atoms with van der Waals surface area (Å²) in [5, 5.41) is 8.88. The van der Waals surface area contributed by atoms with E-state index in [1.807, 2.05) is 11.9 Å². The van der Waals surface area contributed by atoms with Crippen molar-refractivity contribution in [2.75, 3.05) is 40.4 Å². The summed E-state index contributed by atoms with van der Waals surface area (Å²) in [4.78, 5) is 1.89. The summed E-state index contributed by atoms with van der Waals surface area (Å²) < 4.78 is 70.9. The lowest BCUT2D eigenvalue weighted by atomic mass is 9.93. The van der Waals surface area contributed by atoms with Crippen molar-refractivity contribution in [2.45, 2.75) is 55.3 Å². The second kappa shape index (κ2) is 10.9. The molecule has 0 amide bonds. The molecular formula is C20H31F3N2O4S. The number of hydrogen-bond acceptors (Lipinski definition) is 5. The SMILES string of the molecule is CN(CCO)CCCO[C@H]1CC[C@H](N(C)S(=O)(=O)c2ccc(C(F)(F)F)cc2)CC1. The Morgan fingerprint density at radius 3 is 2.20 bits per heavy atom. The summed E-state index contributed by atoms with van der Waals surface area (Å²) in [5.41, 5.74) is -0.871. The molecule has 0 atom stereocenters. The molecule has 1 fully saturated rings. The van der Waals surface area contributed by atoms with Gasteiger partial charge in [0.05, 0.1) is 23.2 Å². The van der Waals surface area contributed by atoms with Gasteiger partial charge in [-0.1, -0.05) is 0 Å². The number of ether oxygens (including phenoxy) is 1. The van der Waals surface area contributed by atoms with Crippen molar-refractivity contribution in [1.29, 1.82) is 0 Å². The smallest absolute Gasteiger partial charge is 0.395 e. The summed E-state index contributed by atoms with van der Waals surface area (Å²) in [6.45, 7) is 2.21. The van der Waals surface area contributed by atoms with Crippen molar-refractivity contribution < 1.29 is 31.4 Å². The highest BCUT2D eigenvalue weighted by Crippen LogP contribution is 2.32. The zero-order chi connectivity index (χ0) is 22.4. The van der Waals surface area contributed by atoms with E-state index in [9.17, 15) is 21.6 Å². The minimum Gasteiger partial charge on any atom is -0.395 e. The van der Waals surface area contributed by atoms with E-state index >= 15 is 0 Å². The maximum atomic E-state index is 12.8. The molecule has 2 rings (SSSR count). The number of nitrogens with zero attached hydrogens (tertiary/aromatic N) is 2. The van der Waals surface area contributed by atoms with Crippen LogP contribution in [0.25, 0.3) is 0 Å². The predicted octanol–water partition coefficient (Wildman–Crippen LogP) is 2.97. The van der Waals surface area contributed by atoms with Gasteiger partial charge < -0.3 is 14.7 Å². The maximum Gasteiger partial charge on any atom is 0.416 e. The zero-order valence-corrected chi connectivity index (χ0v) is 18.3. The summed E-state index contributed by atoms with van der Waals surface area (Å²) >= 11 is 0. The van der Waals surface area contributed by atoms with Gasteiger partial charge in [-0.05, 0) is 63.4 Å². The van der Waals surface area contributed by atoms with Gasteiger partial charge in [-0.3, -0.25) is 0 Å². The second-order valence-corrected chi connectivity index (χ2v) is 9.72. The van der Waals surface area contributed by atoms with Gasteiger partial charge in [0, 0.05) is 32.8 Å². The van der Waals surface area contributed by atoms with Crippen molar-refractivity contribution in [3.05, 3.63) is 29.8 Å². The lowest BCUT2D eigenvalue weighted by Crippen LogP contribution is -2.40. The zero-order valence-electron chi connectivity index (χ0n) is 17.4. The van der Waals surface area contributed by atoms with Gasteiger partial charge in [-0.15, -0.1) is 0 Å². The monoisotopic (exact) mass is 452 g/mol. The lowest BCUT2D eigenvalue weighted by molar-refractivity contribution is -0.137. The summed E-state index contributed by atoms with van der Waals surface area (Å²) in [5.74, 6) is 0. The molecule has 0 heterocycles. The molecule has 0 saturated heterocycles. The molecule has 1 saturated carbocycles. The van der Waals surface area contributed by atoms with E-state index in [2.05, 4.69) is 0 Å². The first-order chi connectivity index (χ1) is 14.1. The van der Waals surface area contributed by atoms with E-state index in [-0.39, 0.29) is 23.6 Å². The molecule has 0 spiro atoms. The van der Waals surface area contributed by atoms with Crippen LogP contribution in [0.5, 0.6) is 0 Å². The van der Waals surface area contributed by atoms with Crippen molar-refractivity contribution in [3.8, 4) is 0 Å². The number of aliphatic hydroxyl groups excluding tert-OH is 1. The summed E-state index contributed by atoms with van der Waals surface area (Å²) in [7, 11) is -0.434. The molecular weight excluding hydrogens is 421 g/mol. The molecule has 0 aromatic heterocycles. The molecule has 0 bridgehead atoms. The normalized spacial score (nSPS) is 20.8. The van der Waals surface area contributed by atoms with Crippen molar-refractivity contribution in [2.24, 2.45) is 0 Å². The topological polar surface area (TPSA) is 70.1 Å². The molecule has 1 aromatic carbocycles. The number of aliphatic hydroxyl groups is 1. The molecule has 10 heteroatoms. The van der Waals surface area contributed by atoms with Gasteiger partial charge in [-0.2, -0.15) is 17.5 Å². The van der Waals surface area contributed by atoms with E-state index in [4.69, 9.17) is 9.84 Å². The molecule has 0 aliphatic heterocycles. The van der Waals surface area contributed by atoms with Gasteiger partial charge in [0.1, 0.15) is 0 Å². The fourth-order valence-electron chi connectivity index (χ4n) is 3.62. The van der Waals surface area contributed by atoms with Crippen LogP contribution in [0.15, 0.2) is 29.2 Å². The molecule has 0 unspecified atom stereocenters. The fraction of sp³-hybridized carbons (Fsp3) is 0.700. The lowest BCUT2D eigenvalue weighted by Gasteiger charge is -2.34. The third-order valence-electron chi connectivity index (χ3n) is 5.54. The highest BCUT2D eigenvalue weighted by Gasteiger charge is 2.34. The van der Waals surface area contributed by atoms with E-state index < -0.39 is 21.8 Å². The van der Waals surface area contributed by atoms with Gasteiger partial charge in [0.25, 0.3) is 0 Å². The van der Waals surface area contributed by atoms with Crippen LogP contribution in [0.2, 0.25) is 0 Å². The Kier molecular flexibility index (Phi) is 9.11. The average Bonchev–Trinajstić information content (AvgIpc) is 2.71. The molecule has 1 aromatic rings. The molecule has 30 heavy (non-hydrogen) atoms. The number of benzene rings is 1. The number of halogens is 3. The van der Waals surface area contributed by atoms with Gasteiger partial charge >= 0.3 is 6.18 Å². The van der Waals surface area contributed by atoms with Crippen LogP contribution in [-0.4, -0.2) is 75.3 Å². The Morgan fingerprint density at radius 2 is 1.67 bits per heavy atom. The third kappa shape index (κ3) is 6.91. The van der Waals surface area contributed by atoms with Gasteiger partial charge in [-0.25, -0.2) is 8.42 Å². The quantitative estimate of drug-likeness (QED) is 0.553. The van der Waals surface area contributed by atoms with Crippen LogP contribution in [0.3, 0.4) is 0 Å². The Labute approximate surface area is 176 Å². The molecule has 172 valence electrons. The van der Waals surface area contributed by atoms with E-state index in [0.717, 1.165) is 50.1 Å². The number of sulfonamides is 1. The number of likely N-dealkylation sites (N-methyl/N-ethyl adjacent to an activating group) is 1. The number of alkyl halides is 3. The van der Waals surface area contributed by atoms with Crippen molar-refractivity contribution >= 4 is 10.0 Å². The Morgan fingerprint density at radius 1 is 1.07 bits per heavy atom. The third-order valence-corrected chi connectivity index (χ3v) is 7.46. The van der Waals surface area contributed by atoms with Crippen LogP contribution in [-0.2, 0) is 20.9 Å². The Balaban J connectivity index is 1.83. The molecule has 0 radical (unpaired) electrons. The molecule has 1 N–H and O–H groups in total. The molecule has 1 aliphatic rings. The second-order valence-electron chi connectivity index (χ2n) is 7.73. The van der Waals surface area contributed by atoms with E-state index in [1.54, 1.807) is 0 Å². The van der Waals surface area contributed by atoms with Crippen molar-refractivity contribution in [3.63, 3.8) is 0 Å². The average molecular weight is 453 g/mol. The minimum atomic E-state index is -4.50. The van der Waals surface area contributed by atoms with Crippen LogP contribution in [0.4, 0.5) is 13.2 Å². The fourth-order valence-corrected chi connectivity index (χ4v) is 5.04. The Bertz CT molecular complexity index is 748.